The summed E-state index contributed by atoms with van der Waals surface area (Å²) < 4.78 is 6.51. The fourth-order valence-corrected chi connectivity index (χ4v) is 2.29. The van der Waals surface area contributed by atoms with Crippen molar-refractivity contribution in [1.29, 1.82) is 0 Å². The van der Waals surface area contributed by atoms with Crippen LogP contribution < -0.4 is 0 Å². The third-order valence-corrected chi connectivity index (χ3v) is 3.52. The van der Waals surface area contributed by atoms with Gasteiger partial charge >= 0.3 is 5.97 Å². The van der Waals surface area contributed by atoms with Gasteiger partial charge in [-0.2, -0.15) is 0 Å². The Bertz CT molecular complexity index is 269. The van der Waals surface area contributed by atoms with Crippen LogP contribution in [-0.4, -0.2) is 5.97 Å². The second-order valence-electron chi connectivity index (χ2n) is 3.69. The minimum atomic E-state index is -0.0691. The molecule has 1 aliphatic heterocycles. The smallest absolute Gasteiger partial charge is 0.310 e. The van der Waals surface area contributed by atoms with Crippen molar-refractivity contribution in [1.82, 2.24) is 0 Å². The van der Waals surface area contributed by atoms with Gasteiger partial charge in [-0.3, -0.25) is 4.79 Å². The molecule has 0 bridgehead atoms. The highest BCUT2D eigenvalue weighted by atomic mass is 127. The van der Waals surface area contributed by atoms with Crippen LogP contribution in [0.2, 0.25) is 0 Å². The molecule has 0 amide bonds. The zero-order chi connectivity index (χ0) is 11.1. The van der Waals surface area contributed by atoms with Gasteiger partial charge < -0.3 is 4.74 Å². The second-order valence-corrected chi connectivity index (χ2v) is 4.99. The fraction of sp³-hybridized carbons (Fsp3) is 0.583. The lowest BCUT2D eigenvalue weighted by Gasteiger charge is -2.07. The first-order valence-corrected chi connectivity index (χ1v) is 6.51. The molecule has 0 aromatic carbocycles. The standard InChI is InChI=1S/C12H17IO2/c1-2-3-4-7-10(13)11-8-5-6-9-12(14)15-11/h2H,1,3-9H2/b11-10-. The zero-order valence-electron chi connectivity index (χ0n) is 8.93. The van der Waals surface area contributed by atoms with Crippen LogP contribution >= 0.6 is 22.6 Å². The summed E-state index contributed by atoms with van der Waals surface area (Å²) in [5.74, 6) is 0.836. The lowest BCUT2D eigenvalue weighted by atomic mass is 10.1. The Morgan fingerprint density at radius 1 is 1.47 bits per heavy atom. The Morgan fingerprint density at radius 2 is 2.20 bits per heavy atom. The third-order valence-electron chi connectivity index (χ3n) is 2.38. The largest absolute Gasteiger partial charge is 0.430 e. The van der Waals surface area contributed by atoms with E-state index in [4.69, 9.17) is 4.74 Å². The third kappa shape index (κ3) is 4.82. The predicted octanol–water partition coefficient (Wildman–Crippen LogP) is 4.11. The van der Waals surface area contributed by atoms with E-state index in [0.717, 1.165) is 44.3 Å². The van der Waals surface area contributed by atoms with E-state index in [0.29, 0.717) is 6.42 Å². The molecule has 3 heteroatoms. The monoisotopic (exact) mass is 320 g/mol. The normalized spacial score (nSPS) is 20.5. The van der Waals surface area contributed by atoms with E-state index in [-0.39, 0.29) is 5.97 Å². The van der Waals surface area contributed by atoms with Crippen LogP contribution in [0.4, 0.5) is 0 Å². The Labute approximate surface area is 105 Å². The van der Waals surface area contributed by atoms with E-state index < -0.39 is 0 Å². The number of hydrogen-bond donors (Lipinski definition) is 0. The van der Waals surface area contributed by atoms with Crippen LogP contribution in [0.3, 0.4) is 0 Å². The number of hydrogen-bond acceptors (Lipinski definition) is 2. The molecule has 1 rings (SSSR count). The molecule has 0 saturated carbocycles. The summed E-state index contributed by atoms with van der Waals surface area (Å²) in [5, 5.41) is 0. The molecular weight excluding hydrogens is 303 g/mol. The van der Waals surface area contributed by atoms with Crippen LogP contribution in [-0.2, 0) is 9.53 Å². The highest BCUT2D eigenvalue weighted by molar-refractivity contribution is 14.1. The number of rotatable bonds is 4. The molecule has 0 N–H and O–H groups in total. The first-order chi connectivity index (χ1) is 7.24. The van der Waals surface area contributed by atoms with Crippen LogP contribution in [0.1, 0.15) is 44.9 Å². The minimum Gasteiger partial charge on any atom is -0.430 e. The van der Waals surface area contributed by atoms with Crippen molar-refractivity contribution in [3.63, 3.8) is 0 Å². The van der Waals surface area contributed by atoms with Crippen molar-refractivity contribution < 1.29 is 9.53 Å². The van der Waals surface area contributed by atoms with Gasteiger partial charge in [0.2, 0.25) is 0 Å². The van der Waals surface area contributed by atoms with E-state index in [1.54, 1.807) is 0 Å². The van der Waals surface area contributed by atoms with Crippen LogP contribution in [0.25, 0.3) is 0 Å². The summed E-state index contributed by atoms with van der Waals surface area (Å²) in [6, 6.07) is 0. The van der Waals surface area contributed by atoms with Crippen molar-refractivity contribution >= 4 is 28.6 Å². The van der Waals surface area contributed by atoms with Crippen molar-refractivity contribution in [3.8, 4) is 0 Å². The zero-order valence-corrected chi connectivity index (χ0v) is 11.1. The van der Waals surface area contributed by atoms with Gasteiger partial charge in [0.05, 0.1) is 0 Å². The fourth-order valence-electron chi connectivity index (χ4n) is 1.53. The number of ether oxygens (including phenoxy) is 1. The molecular formula is C12H17IO2. The molecule has 0 aromatic heterocycles. The van der Waals surface area contributed by atoms with E-state index >= 15 is 0 Å². The summed E-state index contributed by atoms with van der Waals surface area (Å²) in [5.41, 5.74) is 0. The maximum Gasteiger partial charge on any atom is 0.310 e. The molecule has 0 spiro atoms. The van der Waals surface area contributed by atoms with Gasteiger partial charge in [-0.15, -0.1) is 6.58 Å². The molecule has 2 nitrogen and oxygen atoms in total. The molecule has 1 heterocycles. The first kappa shape index (κ1) is 12.7. The quantitative estimate of drug-likeness (QED) is 0.337. The number of allylic oxidation sites excluding steroid dienone is 3. The molecule has 1 fully saturated rings. The summed E-state index contributed by atoms with van der Waals surface area (Å²) in [6.07, 6.45) is 8.53. The summed E-state index contributed by atoms with van der Waals surface area (Å²) in [6.45, 7) is 3.69. The van der Waals surface area contributed by atoms with Crippen molar-refractivity contribution in [2.75, 3.05) is 0 Å². The second kappa shape index (κ2) is 7.04. The maximum atomic E-state index is 11.3. The number of carbonyl (C=O) groups excluding carboxylic acids is 1. The molecule has 84 valence electrons. The SMILES string of the molecule is C=CCCC/C(I)=C1\CCCCC(=O)O1. The van der Waals surface area contributed by atoms with Crippen molar-refractivity contribution in [2.45, 2.75) is 44.9 Å². The van der Waals surface area contributed by atoms with Crippen LogP contribution in [0.15, 0.2) is 22.0 Å². The molecule has 0 atom stereocenters. The van der Waals surface area contributed by atoms with Crippen LogP contribution in [0, 0.1) is 0 Å². The van der Waals surface area contributed by atoms with E-state index in [1.165, 1.54) is 3.58 Å². The van der Waals surface area contributed by atoms with Gasteiger partial charge in [0.15, 0.2) is 0 Å². The van der Waals surface area contributed by atoms with E-state index in [2.05, 4.69) is 29.2 Å². The van der Waals surface area contributed by atoms with E-state index in [1.807, 2.05) is 6.08 Å². The van der Waals surface area contributed by atoms with Gasteiger partial charge in [0, 0.05) is 16.4 Å². The molecule has 0 radical (unpaired) electrons. The minimum absolute atomic E-state index is 0.0691. The Kier molecular flexibility index (Phi) is 5.98. The highest BCUT2D eigenvalue weighted by Gasteiger charge is 2.15. The molecule has 0 unspecified atom stereocenters. The maximum absolute atomic E-state index is 11.3. The van der Waals surface area contributed by atoms with Gasteiger partial charge in [0.1, 0.15) is 5.76 Å². The van der Waals surface area contributed by atoms with Crippen LogP contribution in [0.5, 0.6) is 0 Å². The Hall–Kier alpha value is -0.320. The number of unbranched alkanes of at least 4 members (excludes halogenated alkanes) is 1. The summed E-state index contributed by atoms with van der Waals surface area (Å²) >= 11 is 2.30. The number of carbonyl (C=O) groups is 1. The van der Waals surface area contributed by atoms with Crippen molar-refractivity contribution in [2.24, 2.45) is 0 Å². The summed E-state index contributed by atoms with van der Waals surface area (Å²) in [7, 11) is 0. The van der Waals surface area contributed by atoms with Gasteiger partial charge in [-0.05, 0) is 54.7 Å². The summed E-state index contributed by atoms with van der Waals surface area (Å²) in [4.78, 5) is 11.3. The topological polar surface area (TPSA) is 26.3 Å². The lowest BCUT2D eigenvalue weighted by Crippen LogP contribution is -2.01. The number of cyclic esters (lactones) is 1. The number of esters is 1. The Morgan fingerprint density at radius 3 is 2.93 bits per heavy atom. The van der Waals surface area contributed by atoms with Crippen molar-refractivity contribution in [3.05, 3.63) is 22.0 Å². The van der Waals surface area contributed by atoms with Gasteiger partial charge in [0.25, 0.3) is 0 Å². The molecule has 0 aliphatic carbocycles. The average Bonchev–Trinajstić information content (AvgIpc) is 2.43. The molecule has 1 saturated heterocycles. The average molecular weight is 320 g/mol. The van der Waals surface area contributed by atoms with Gasteiger partial charge in [-0.25, -0.2) is 0 Å². The van der Waals surface area contributed by atoms with E-state index in [9.17, 15) is 4.79 Å². The molecule has 15 heavy (non-hydrogen) atoms. The highest BCUT2D eigenvalue weighted by Crippen LogP contribution is 2.27. The first-order valence-electron chi connectivity index (χ1n) is 5.43. The molecule has 0 aromatic rings. The van der Waals surface area contributed by atoms with Gasteiger partial charge in [-0.1, -0.05) is 6.08 Å². The Balaban J connectivity index is 2.52. The predicted molar refractivity (Wildman–Crippen MR) is 69.7 cm³/mol. The lowest BCUT2D eigenvalue weighted by molar-refractivity contribution is -0.139. The molecule has 1 aliphatic rings. The number of halogens is 1.